The third-order valence-corrected chi connectivity index (χ3v) is 4.88. The number of rotatable bonds is 3. The number of nitrogens with two attached hydrogens (primary N) is 1. The van der Waals surface area contributed by atoms with Crippen LogP contribution in [0.2, 0.25) is 0 Å². The number of aromatic nitrogens is 2. The van der Waals surface area contributed by atoms with E-state index in [9.17, 15) is 0 Å². The highest BCUT2D eigenvalue weighted by molar-refractivity contribution is 5.85. The topological polar surface area (TPSA) is 64.9 Å². The lowest BCUT2D eigenvalue weighted by Crippen LogP contribution is -2.39. The molecule has 0 atom stereocenters. The maximum Gasteiger partial charge on any atom is 0.231 e. The summed E-state index contributed by atoms with van der Waals surface area (Å²) in [5.74, 6) is 1.32. The minimum atomic E-state index is -0.404. The van der Waals surface area contributed by atoms with Crippen molar-refractivity contribution >= 4 is 10.8 Å². The Kier molecular flexibility index (Phi) is 3.62. The van der Waals surface area contributed by atoms with Crippen LogP contribution in [0, 0.1) is 0 Å². The van der Waals surface area contributed by atoms with Crippen molar-refractivity contribution in [3.63, 3.8) is 0 Å². The SMILES string of the molecule is NC1(c2noc(Cc3cccc4ccccc34)n2)CCCCC1. The van der Waals surface area contributed by atoms with E-state index in [1.807, 2.05) is 0 Å². The molecule has 0 aliphatic heterocycles. The number of hydrogen-bond donors (Lipinski definition) is 1. The fourth-order valence-electron chi connectivity index (χ4n) is 3.54. The third kappa shape index (κ3) is 2.75. The van der Waals surface area contributed by atoms with Gasteiger partial charge >= 0.3 is 0 Å². The Morgan fingerprint density at radius 3 is 2.65 bits per heavy atom. The van der Waals surface area contributed by atoms with Crippen molar-refractivity contribution in [1.29, 1.82) is 0 Å². The molecule has 1 aromatic heterocycles. The van der Waals surface area contributed by atoms with Gasteiger partial charge in [0.1, 0.15) is 0 Å². The van der Waals surface area contributed by atoms with Gasteiger partial charge in [0.25, 0.3) is 0 Å². The number of fused-ring (bicyclic) bond motifs is 1. The normalized spacial score (nSPS) is 17.4. The predicted octanol–water partition coefficient (Wildman–Crippen LogP) is 3.93. The first-order valence-electron chi connectivity index (χ1n) is 8.33. The van der Waals surface area contributed by atoms with Crippen LogP contribution in [-0.2, 0) is 12.0 Å². The van der Waals surface area contributed by atoms with Crippen LogP contribution in [0.1, 0.15) is 49.4 Å². The Labute approximate surface area is 135 Å². The highest BCUT2D eigenvalue weighted by Gasteiger charge is 2.34. The standard InChI is InChI=1S/C19H21N3O/c20-19(11-4-1-5-12-19)18-21-17(23-22-18)13-15-9-6-8-14-7-2-3-10-16(14)15/h2-3,6-10H,1,4-5,11-13,20H2. The van der Waals surface area contributed by atoms with E-state index in [1.165, 1.54) is 22.8 Å². The molecule has 0 amide bonds. The van der Waals surface area contributed by atoms with Crippen molar-refractivity contribution < 1.29 is 4.52 Å². The van der Waals surface area contributed by atoms with Crippen LogP contribution in [0.15, 0.2) is 47.0 Å². The minimum Gasteiger partial charge on any atom is -0.339 e. The van der Waals surface area contributed by atoms with E-state index >= 15 is 0 Å². The van der Waals surface area contributed by atoms with Crippen LogP contribution in [0.5, 0.6) is 0 Å². The van der Waals surface area contributed by atoms with Crippen molar-refractivity contribution in [2.75, 3.05) is 0 Å². The second-order valence-corrected chi connectivity index (χ2v) is 6.54. The summed E-state index contributed by atoms with van der Waals surface area (Å²) in [6.45, 7) is 0. The van der Waals surface area contributed by atoms with Crippen molar-refractivity contribution in [1.82, 2.24) is 10.1 Å². The number of hydrogen-bond acceptors (Lipinski definition) is 4. The molecule has 1 aliphatic rings. The molecule has 4 heteroatoms. The zero-order chi connectivity index (χ0) is 15.7. The van der Waals surface area contributed by atoms with Gasteiger partial charge in [-0.2, -0.15) is 4.98 Å². The summed E-state index contributed by atoms with van der Waals surface area (Å²) < 4.78 is 5.49. The van der Waals surface area contributed by atoms with E-state index in [2.05, 4.69) is 52.6 Å². The third-order valence-electron chi connectivity index (χ3n) is 4.88. The van der Waals surface area contributed by atoms with Gasteiger partial charge in [0.05, 0.1) is 12.0 Å². The van der Waals surface area contributed by atoms with Crippen LogP contribution in [-0.4, -0.2) is 10.1 Å². The van der Waals surface area contributed by atoms with E-state index in [1.54, 1.807) is 0 Å². The number of nitrogens with zero attached hydrogens (tertiary/aromatic N) is 2. The Hall–Kier alpha value is -2.20. The van der Waals surface area contributed by atoms with E-state index < -0.39 is 5.54 Å². The first-order chi connectivity index (χ1) is 11.2. The molecule has 1 heterocycles. The van der Waals surface area contributed by atoms with Crippen LogP contribution in [0.4, 0.5) is 0 Å². The van der Waals surface area contributed by atoms with Gasteiger partial charge in [0.2, 0.25) is 5.89 Å². The fraction of sp³-hybridized carbons (Fsp3) is 0.368. The van der Waals surface area contributed by atoms with Gasteiger partial charge in [-0.1, -0.05) is 66.9 Å². The van der Waals surface area contributed by atoms with Crippen LogP contribution in [0.3, 0.4) is 0 Å². The molecule has 118 valence electrons. The van der Waals surface area contributed by atoms with Crippen molar-refractivity contribution in [2.45, 2.75) is 44.1 Å². The second kappa shape index (κ2) is 5.78. The molecule has 0 unspecified atom stereocenters. The lowest BCUT2D eigenvalue weighted by atomic mass is 9.82. The molecular weight excluding hydrogens is 286 g/mol. The summed E-state index contributed by atoms with van der Waals surface area (Å²) in [5, 5.41) is 6.64. The number of benzene rings is 2. The molecule has 0 bridgehead atoms. The van der Waals surface area contributed by atoms with E-state index in [0.29, 0.717) is 18.1 Å². The Morgan fingerprint density at radius 2 is 1.78 bits per heavy atom. The molecule has 0 saturated heterocycles. The molecule has 4 nitrogen and oxygen atoms in total. The Bertz CT molecular complexity index is 813. The summed E-state index contributed by atoms with van der Waals surface area (Å²) in [6, 6.07) is 14.7. The first-order valence-corrected chi connectivity index (χ1v) is 8.33. The highest BCUT2D eigenvalue weighted by Crippen LogP contribution is 2.33. The molecule has 3 aromatic rings. The Morgan fingerprint density at radius 1 is 1.00 bits per heavy atom. The quantitative estimate of drug-likeness (QED) is 0.796. The van der Waals surface area contributed by atoms with Crippen molar-refractivity contribution in [2.24, 2.45) is 5.73 Å². The molecule has 2 N–H and O–H groups in total. The average Bonchev–Trinajstić information content (AvgIpc) is 3.05. The largest absolute Gasteiger partial charge is 0.339 e. The fourth-order valence-corrected chi connectivity index (χ4v) is 3.54. The van der Waals surface area contributed by atoms with E-state index in [0.717, 1.165) is 25.7 Å². The molecule has 2 aromatic carbocycles. The molecule has 0 spiro atoms. The smallest absolute Gasteiger partial charge is 0.231 e. The highest BCUT2D eigenvalue weighted by atomic mass is 16.5. The van der Waals surface area contributed by atoms with Crippen LogP contribution >= 0.6 is 0 Å². The molecule has 1 saturated carbocycles. The molecular formula is C19H21N3O. The van der Waals surface area contributed by atoms with E-state index in [4.69, 9.17) is 10.3 Å². The maximum atomic E-state index is 6.49. The average molecular weight is 307 g/mol. The zero-order valence-corrected chi connectivity index (χ0v) is 13.2. The summed E-state index contributed by atoms with van der Waals surface area (Å²) in [5.41, 5.74) is 7.29. The monoisotopic (exact) mass is 307 g/mol. The van der Waals surface area contributed by atoms with Crippen LogP contribution < -0.4 is 5.73 Å². The molecule has 0 radical (unpaired) electrons. The van der Waals surface area contributed by atoms with Crippen molar-refractivity contribution in [3.05, 3.63) is 59.7 Å². The Balaban J connectivity index is 1.62. The maximum absolute atomic E-state index is 6.49. The first kappa shape index (κ1) is 14.4. The summed E-state index contributed by atoms with van der Waals surface area (Å²) in [4.78, 5) is 4.60. The lowest BCUT2D eigenvalue weighted by molar-refractivity contribution is 0.273. The predicted molar refractivity (Wildman–Crippen MR) is 90.0 cm³/mol. The van der Waals surface area contributed by atoms with Gasteiger partial charge in [-0.3, -0.25) is 0 Å². The van der Waals surface area contributed by atoms with Gasteiger partial charge in [-0.05, 0) is 29.2 Å². The van der Waals surface area contributed by atoms with E-state index in [-0.39, 0.29) is 0 Å². The summed E-state index contributed by atoms with van der Waals surface area (Å²) >= 11 is 0. The molecule has 1 fully saturated rings. The van der Waals surface area contributed by atoms with Gasteiger partial charge in [-0.25, -0.2) is 0 Å². The van der Waals surface area contributed by atoms with Gasteiger partial charge < -0.3 is 10.3 Å². The molecule has 4 rings (SSSR count). The van der Waals surface area contributed by atoms with Crippen LogP contribution in [0.25, 0.3) is 10.8 Å². The lowest BCUT2D eigenvalue weighted by Gasteiger charge is -2.29. The summed E-state index contributed by atoms with van der Waals surface area (Å²) in [6.07, 6.45) is 6.07. The second-order valence-electron chi connectivity index (χ2n) is 6.54. The minimum absolute atomic E-state index is 0.404. The van der Waals surface area contributed by atoms with Gasteiger partial charge in [0.15, 0.2) is 5.82 Å². The van der Waals surface area contributed by atoms with Gasteiger partial charge in [-0.15, -0.1) is 0 Å². The molecule has 1 aliphatic carbocycles. The van der Waals surface area contributed by atoms with Gasteiger partial charge in [0, 0.05) is 0 Å². The summed E-state index contributed by atoms with van der Waals surface area (Å²) in [7, 11) is 0. The zero-order valence-electron chi connectivity index (χ0n) is 13.2. The molecule has 23 heavy (non-hydrogen) atoms. The van der Waals surface area contributed by atoms with Crippen molar-refractivity contribution in [3.8, 4) is 0 Å².